The maximum absolute atomic E-state index is 9.18. The summed E-state index contributed by atoms with van der Waals surface area (Å²) in [4.78, 5) is 0. The summed E-state index contributed by atoms with van der Waals surface area (Å²) in [7, 11) is 0. The lowest BCUT2D eigenvalue weighted by molar-refractivity contribution is 1.41. The van der Waals surface area contributed by atoms with Crippen LogP contribution in [0.15, 0.2) is 40.9 Å². The zero-order valence-corrected chi connectivity index (χ0v) is 11.0. The fourth-order valence-electron chi connectivity index (χ4n) is 1.82. The maximum Gasteiger partial charge on any atom is 0.102 e. The molecule has 0 unspecified atom stereocenters. The Hall–Kier alpha value is -1.79. The third-order valence-electron chi connectivity index (χ3n) is 2.77. The molecule has 0 aromatic heterocycles. The Bertz CT molecular complexity index is 612. The van der Waals surface area contributed by atoms with E-state index in [0.717, 1.165) is 21.2 Å². The first-order valence-corrected chi connectivity index (χ1v) is 5.98. The molecule has 17 heavy (non-hydrogen) atoms. The van der Waals surface area contributed by atoms with E-state index in [1.807, 2.05) is 37.3 Å². The number of halogens is 1. The van der Waals surface area contributed by atoms with Gasteiger partial charge in [0.1, 0.15) is 6.07 Å². The van der Waals surface area contributed by atoms with Crippen LogP contribution in [0.3, 0.4) is 0 Å². The van der Waals surface area contributed by atoms with E-state index in [2.05, 4.69) is 22.0 Å². The van der Waals surface area contributed by atoms with Crippen molar-refractivity contribution in [3.05, 3.63) is 52.0 Å². The standard InChI is InChI=1S/C14H11BrN2/c1-9-10(4-2-6-13(9)15)11-5-3-7-14(17)12(11)8-16/h2-7H,17H2,1H3. The molecule has 0 saturated carbocycles. The molecule has 0 saturated heterocycles. The van der Waals surface area contributed by atoms with E-state index in [9.17, 15) is 5.26 Å². The maximum atomic E-state index is 9.18. The Balaban J connectivity index is 2.74. The molecule has 0 amide bonds. The van der Waals surface area contributed by atoms with Gasteiger partial charge in [-0.15, -0.1) is 0 Å². The summed E-state index contributed by atoms with van der Waals surface area (Å²) in [6, 6.07) is 13.6. The molecule has 2 aromatic rings. The molecular weight excluding hydrogens is 276 g/mol. The highest BCUT2D eigenvalue weighted by molar-refractivity contribution is 9.10. The first kappa shape index (κ1) is 11.7. The summed E-state index contributed by atoms with van der Waals surface area (Å²) in [5, 5.41) is 9.18. The first-order chi connectivity index (χ1) is 8.15. The van der Waals surface area contributed by atoms with Crippen molar-refractivity contribution >= 4 is 21.6 Å². The van der Waals surface area contributed by atoms with Crippen LogP contribution in [-0.4, -0.2) is 0 Å². The summed E-state index contributed by atoms with van der Waals surface area (Å²) in [6.45, 7) is 2.02. The van der Waals surface area contributed by atoms with E-state index in [1.54, 1.807) is 6.07 Å². The molecule has 2 rings (SSSR count). The highest BCUT2D eigenvalue weighted by Crippen LogP contribution is 2.32. The predicted molar refractivity (Wildman–Crippen MR) is 73.4 cm³/mol. The monoisotopic (exact) mass is 286 g/mol. The van der Waals surface area contributed by atoms with Crippen LogP contribution in [0, 0.1) is 18.3 Å². The summed E-state index contributed by atoms with van der Waals surface area (Å²) >= 11 is 3.49. The largest absolute Gasteiger partial charge is 0.398 e. The molecule has 0 aliphatic rings. The normalized spacial score (nSPS) is 9.94. The third kappa shape index (κ3) is 2.04. The van der Waals surface area contributed by atoms with Gasteiger partial charge in [-0.05, 0) is 30.2 Å². The van der Waals surface area contributed by atoms with Crippen molar-refractivity contribution in [3.63, 3.8) is 0 Å². The molecular formula is C14H11BrN2. The van der Waals surface area contributed by atoms with Gasteiger partial charge in [0.15, 0.2) is 0 Å². The summed E-state index contributed by atoms with van der Waals surface area (Å²) in [6.07, 6.45) is 0. The van der Waals surface area contributed by atoms with Crippen LogP contribution in [0.5, 0.6) is 0 Å². The fraction of sp³-hybridized carbons (Fsp3) is 0.0714. The number of hydrogen-bond acceptors (Lipinski definition) is 2. The summed E-state index contributed by atoms with van der Waals surface area (Å²) < 4.78 is 1.03. The molecule has 0 fully saturated rings. The van der Waals surface area contributed by atoms with E-state index in [4.69, 9.17) is 5.73 Å². The predicted octanol–water partition coefficient (Wildman–Crippen LogP) is 3.88. The Labute approximate surface area is 109 Å². The van der Waals surface area contributed by atoms with E-state index < -0.39 is 0 Å². The number of nitriles is 1. The second-order valence-corrected chi connectivity index (χ2v) is 4.65. The first-order valence-electron chi connectivity index (χ1n) is 5.19. The molecule has 2 N–H and O–H groups in total. The quantitative estimate of drug-likeness (QED) is 0.809. The average molecular weight is 287 g/mol. The van der Waals surface area contributed by atoms with Gasteiger partial charge >= 0.3 is 0 Å². The van der Waals surface area contributed by atoms with Crippen molar-refractivity contribution in [1.82, 2.24) is 0 Å². The number of nitrogens with two attached hydrogens (primary N) is 1. The lowest BCUT2D eigenvalue weighted by atomic mass is 9.95. The molecule has 0 atom stereocenters. The van der Waals surface area contributed by atoms with Crippen molar-refractivity contribution in [2.45, 2.75) is 6.92 Å². The Kier molecular flexibility index (Phi) is 3.16. The number of nitrogen functional groups attached to an aromatic ring is 1. The zero-order valence-electron chi connectivity index (χ0n) is 9.37. The highest BCUT2D eigenvalue weighted by Gasteiger charge is 2.10. The van der Waals surface area contributed by atoms with Crippen molar-refractivity contribution in [2.75, 3.05) is 5.73 Å². The van der Waals surface area contributed by atoms with Crippen LogP contribution < -0.4 is 5.73 Å². The molecule has 2 nitrogen and oxygen atoms in total. The molecule has 0 bridgehead atoms. The molecule has 2 aromatic carbocycles. The highest BCUT2D eigenvalue weighted by atomic mass is 79.9. The number of hydrogen-bond donors (Lipinski definition) is 1. The van der Waals surface area contributed by atoms with Crippen molar-refractivity contribution in [3.8, 4) is 17.2 Å². The SMILES string of the molecule is Cc1c(Br)cccc1-c1cccc(N)c1C#N. The van der Waals surface area contributed by atoms with Gasteiger partial charge in [0.25, 0.3) is 0 Å². The van der Waals surface area contributed by atoms with Gasteiger partial charge in [0.2, 0.25) is 0 Å². The van der Waals surface area contributed by atoms with Gasteiger partial charge in [-0.1, -0.05) is 40.2 Å². The van der Waals surface area contributed by atoms with Crippen molar-refractivity contribution < 1.29 is 0 Å². The molecule has 0 heterocycles. The Morgan fingerprint density at radius 3 is 2.47 bits per heavy atom. The van der Waals surface area contributed by atoms with Crippen molar-refractivity contribution in [1.29, 1.82) is 5.26 Å². The van der Waals surface area contributed by atoms with E-state index >= 15 is 0 Å². The minimum atomic E-state index is 0.518. The zero-order chi connectivity index (χ0) is 12.4. The van der Waals surface area contributed by atoms with Crippen LogP contribution in [0.1, 0.15) is 11.1 Å². The minimum absolute atomic E-state index is 0.518. The molecule has 84 valence electrons. The van der Waals surface area contributed by atoms with Gasteiger partial charge < -0.3 is 5.73 Å². The van der Waals surface area contributed by atoms with Crippen LogP contribution in [-0.2, 0) is 0 Å². The molecule has 0 radical (unpaired) electrons. The van der Waals surface area contributed by atoms with Gasteiger partial charge in [-0.3, -0.25) is 0 Å². The lowest BCUT2D eigenvalue weighted by Crippen LogP contribution is -1.94. The smallest absolute Gasteiger partial charge is 0.102 e. The number of nitrogens with zero attached hydrogens (tertiary/aromatic N) is 1. The van der Waals surface area contributed by atoms with E-state index in [-0.39, 0.29) is 0 Å². The minimum Gasteiger partial charge on any atom is -0.398 e. The van der Waals surface area contributed by atoms with Crippen LogP contribution in [0.2, 0.25) is 0 Å². The Morgan fingerprint density at radius 1 is 1.12 bits per heavy atom. The molecule has 0 aliphatic carbocycles. The van der Waals surface area contributed by atoms with Crippen LogP contribution >= 0.6 is 15.9 Å². The Morgan fingerprint density at radius 2 is 1.76 bits per heavy atom. The average Bonchev–Trinajstić information content (AvgIpc) is 2.32. The van der Waals surface area contributed by atoms with Crippen LogP contribution in [0.4, 0.5) is 5.69 Å². The summed E-state index contributed by atoms with van der Waals surface area (Å²) in [5.41, 5.74) is 9.89. The van der Waals surface area contributed by atoms with Gasteiger partial charge in [-0.2, -0.15) is 5.26 Å². The topological polar surface area (TPSA) is 49.8 Å². The number of rotatable bonds is 1. The van der Waals surface area contributed by atoms with Gasteiger partial charge in [0, 0.05) is 10.0 Å². The second kappa shape index (κ2) is 4.60. The number of anilines is 1. The lowest BCUT2D eigenvalue weighted by Gasteiger charge is -2.10. The number of benzene rings is 2. The van der Waals surface area contributed by atoms with Crippen molar-refractivity contribution in [2.24, 2.45) is 0 Å². The van der Waals surface area contributed by atoms with Gasteiger partial charge in [-0.25, -0.2) is 0 Å². The third-order valence-corrected chi connectivity index (χ3v) is 3.63. The molecule has 0 aliphatic heterocycles. The van der Waals surface area contributed by atoms with Gasteiger partial charge in [0.05, 0.1) is 11.3 Å². The fourth-order valence-corrected chi connectivity index (χ4v) is 2.18. The van der Waals surface area contributed by atoms with E-state index in [0.29, 0.717) is 11.3 Å². The molecule has 3 heteroatoms. The van der Waals surface area contributed by atoms with Crippen LogP contribution in [0.25, 0.3) is 11.1 Å². The second-order valence-electron chi connectivity index (χ2n) is 3.79. The molecule has 0 spiro atoms. The summed E-state index contributed by atoms with van der Waals surface area (Å²) in [5.74, 6) is 0. The van der Waals surface area contributed by atoms with E-state index in [1.165, 1.54) is 0 Å².